The van der Waals surface area contributed by atoms with Crippen LogP contribution in [-0.4, -0.2) is 0 Å². The molecule has 4 aromatic carbocycles. The first-order valence-electron chi connectivity index (χ1n) is 8.38. The maximum absolute atomic E-state index is 6.35. The Morgan fingerprint density at radius 1 is 0.423 bits per heavy atom. The molecule has 0 radical (unpaired) electrons. The molecule has 0 heterocycles. The first-order chi connectivity index (χ1) is 12.4. The van der Waals surface area contributed by atoms with Crippen LogP contribution in [0.2, 0.25) is 0 Å². The summed E-state index contributed by atoms with van der Waals surface area (Å²) < 4.78 is 6.35. The number of hydrogen-bond acceptors (Lipinski definition) is 1. The summed E-state index contributed by atoms with van der Waals surface area (Å²) in [7, 11) is 0. The summed E-state index contributed by atoms with van der Waals surface area (Å²) >= 11 is 0. The molecular weight excluding hydrogens is 311 g/mol. The van der Waals surface area contributed by atoms with Crippen LogP contribution in [0.3, 0.4) is 0 Å². The van der Waals surface area contributed by atoms with E-state index >= 15 is 0 Å². The molecule has 0 bridgehead atoms. The van der Waals surface area contributed by atoms with Crippen molar-refractivity contribution in [1.29, 1.82) is 0 Å². The Hall–Kier alpha value is -2.72. The van der Waals surface area contributed by atoms with Crippen LogP contribution in [0.4, 0.5) is 0 Å². The predicted octanol–water partition coefficient (Wildman–Crippen LogP) is 3.93. The van der Waals surface area contributed by atoms with E-state index in [1.165, 1.54) is 0 Å². The molecule has 0 aliphatic heterocycles. The van der Waals surface area contributed by atoms with Crippen LogP contribution in [0.25, 0.3) is 22.3 Å². The van der Waals surface area contributed by atoms with Crippen LogP contribution < -0.4 is 23.6 Å². The largest absolute Gasteiger partial charge is 1.00 e. The van der Waals surface area contributed by atoms with Gasteiger partial charge in [-0.05, 0) is 23.3 Å². The predicted molar refractivity (Wildman–Crippen MR) is 105 cm³/mol. The topological polar surface area (TPSA) is 9.23 Å². The fraction of sp³-hybridized carbons (Fsp3) is 0. The number of rotatable bonds is 4. The molecule has 0 amide bonds. The van der Waals surface area contributed by atoms with Crippen molar-refractivity contribution in [2.24, 2.45) is 0 Å². The van der Waals surface area contributed by atoms with E-state index in [4.69, 9.17) is 4.74 Å². The molecule has 1 nitrogen and oxygen atoms in total. The van der Waals surface area contributed by atoms with E-state index in [0.29, 0.717) is 0 Å². The summed E-state index contributed by atoms with van der Waals surface area (Å²) in [6.07, 6.45) is 0. The summed E-state index contributed by atoms with van der Waals surface area (Å²) in [5.41, 5.74) is 4.47. The van der Waals surface area contributed by atoms with Gasteiger partial charge in [0.2, 0.25) is 0 Å². The van der Waals surface area contributed by atoms with E-state index < -0.39 is 0 Å². The standard InChI is InChI=1S/C24H18O.Li.H/c1-3-11-19(12-4-1)21-15-7-9-17-23(21)25-24-18-10-8-16-22(24)20-13-5-2-6-14-20;;/h1-18H;;/q;+1;-1. The van der Waals surface area contributed by atoms with Gasteiger partial charge in [0.05, 0.1) is 0 Å². The fourth-order valence-corrected chi connectivity index (χ4v) is 2.94. The third kappa shape index (κ3) is 3.91. The van der Waals surface area contributed by atoms with Crippen LogP contribution in [0.5, 0.6) is 11.5 Å². The summed E-state index contributed by atoms with van der Waals surface area (Å²) in [5.74, 6) is 1.72. The SMILES string of the molecule is [H-].[Li+].c1ccc(-c2ccccc2Oc2ccccc2-c2ccccc2)cc1. The quantitative estimate of drug-likeness (QED) is 0.515. The van der Waals surface area contributed by atoms with Crippen molar-refractivity contribution in [2.45, 2.75) is 0 Å². The summed E-state index contributed by atoms with van der Waals surface area (Å²) in [5, 5.41) is 0. The average molecular weight is 330 g/mol. The second kappa shape index (κ2) is 8.58. The molecule has 0 saturated carbocycles. The van der Waals surface area contributed by atoms with Gasteiger partial charge in [0.15, 0.2) is 0 Å². The minimum Gasteiger partial charge on any atom is -1.00 e. The van der Waals surface area contributed by atoms with Gasteiger partial charge in [0.1, 0.15) is 11.5 Å². The van der Waals surface area contributed by atoms with Gasteiger partial charge in [-0.1, -0.05) is 97.1 Å². The van der Waals surface area contributed by atoms with E-state index in [2.05, 4.69) is 36.4 Å². The normalized spacial score (nSPS) is 10.0. The van der Waals surface area contributed by atoms with Gasteiger partial charge < -0.3 is 6.16 Å². The second-order valence-electron chi connectivity index (χ2n) is 5.83. The Labute approximate surface area is 167 Å². The third-order valence-corrected chi connectivity index (χ3v) is 4.16. The van der Waals surface area contributed by atoms with E-state index in [1.54, 1.807) is 0 Å². The zero-order valence-corrected chi connectivity index (χ0v) is 14.8. The van der Waals surface area contributed by atoms with Gasteiger partial charge in [-0.25, -0.2) is 0 Å². The van der Waals surface area contributed by atoms with Gasteiger partial charge in [-0.2, -0.15) is 0 Å². The minimum atomic E-state index is 0. The van der Waals surface area contributed by atoms with Crippen LogP contribution in [0.1, 0.15) is 1.43 Å². The van der Waals surface area contributed by atoms with Crippen molar-refractivity contribution in [1.82, 2.24) is 0 Å². The molecule has 0 atom stereocenters. The molecule has 122 valence electrons. The number of ether oxygens (including phenoxy) is 1. The molecule has 4 aromatic rings. The minimum absolute atomic E-state index is 0. The fourth-order valence-electron chi connectivity index (χ4n) is 2.94. The van der Waals surface area contributed by atoms with E-state index in [0.717, 1.165) is 33.8 Å². The van der Waals surface area contributed by atoms with Crippen molar-refractivity contribution in [3.05, 3.63) is 109 Å². The Morgan fingerprint density at radius 2 is 0.769 bits per heavy atom. The maximum atomic E-state index is 6.35. The maximum Gasteiger partial charge on any atom is 1.00 e. The molecule has 26 heavy (non-hydrogen) atoms. The zero-order valence-electron chi connectivity index (χ0n) is 15.8. The summed E-state index contributed by atoms with van der Waals surface area (Å²) in [4.78, 5) is 0. The van der Waals surface area contributed by atoms with Crippen molar-refractivity contribution in [3.63, 3.8) is 0 Å². The summed E-state index contributed by atoms with van der Waals surface area (Å²) in [6, 6.07) is 37.0. The number of benzene rings is 4. The van der Waals surface area contributed by atoms with Crippen molar-refractivity contribution in [3.8, 4) is 33.8 Å². The molecule has 0 unspecified atom stereocenters. The van der Waals surface area contributed by atoms with Gasteiger partial charge in [0, 0.05) is 11.1 Å². The summed E-state index contributed by atoms with van der Waals surface area (Å²) in [6.45, 7) is 0. The van der Waals surface area contributed by atoms with Crippen LogP contribution in [0, 0.1) is 0 Å². The molecule has 0 aliphatic rings. The molecule has 0 saturated heterocycles. The number of hydrogen-bond donors (Lipinski definition) is 0. The molecule has 4 rings (SSSR count). The Bertz CT molecular complexity index is 891. The first-order valence-corrected chi connectivity index (χ1v) is 8.38. The van der Waals surface area contributed by atoms with Gasteiger partial charge in [0.25, 0.3) is 0 Å². The molecule has 2 heteroatoms. The molecule has 0 aliphatic carbocycles. The average Bonchev–Trinajstić information content (AvgIpc) is 2.70. The van der Waals surface area contributed by atoms with Crippen LogP contribution in [-0.2, 0) is 0 Å². The Balaban J connectivity index is 0.00000131. The van der Waals surface area contributed by atoms with Gasteiger partial charge in [-0.15, -0.1) is 0 Å². The Kier molecular flexibility index (Phi) is 5.97. The third-order valence-electron chi connectivity index (χ3n) is 4.16. The first kappa shape index (κ1) is 18.1. The molecular formula is C24H19LiO. The van der Waals surface area contributed by atoms with E-state index in [-0.39, 0.29) is 20.3 Å². The van der Waals surface area contributed by atoms with Crippen molar-refractivity contribution < 1.29 is 25.0 Å². The zero-order chi connectivity index (χ0) is 16.9. The van der Waals surface area contributed by atoms with E-state index in [9.17, 15) is 0 Å². The van der Waals surface area contributed by atoms with Crippen molar-refractivity contribution >= 4 is 0 Å². The molecule has 0 fully saturated rings. The van der Waals surface area contributed by atoms with Gasteiger partial charge in [-0.3, -0.25) is 0 Å². The van der Waals surface area contributed by atoms with Crippen LogP contribution in [0.15, 0.2) is 109 Å². The Morgan fingerprint density at radius 3 is 1.19 bits per heavy atom. The van der Waals surface area contributed by atoms with Gasteiger partial charge >= 0.3 is 18.9 Å². The smallest absolute Gasteiger partial charge is 1.00 e. The molecule has 0 spiro atoms. The molecule has 0 N–H and O–H groups in total. The second-order valence-corrected chi connectivity index (χ2v) is 5.83. The van der Waals surface area contributed by atoms with E-state index in [1.807, 2.05) is 72.8 Å². The number of para-hydroxylation sites is 2. The molecule has 0 aromatic heterocycles. The van der Waals surface area contributed by atoms with Crippen LogP contribution >= 0.6 is 0 Å². The monoisotopic (exact) mass is 330 g/mol. The van der Waals surface area contributed by atoms with Crippen molar-refractivity contribution in [2.75, 3.05) is 0 Å².